The van der Waals surface area contributed by atoms with Crippen LogP contribution in [0, 0.1) is 6.92 Å². The molecule has 0 aliphatic rings. The number of nitrogens with zero attached hydrogens (tertiary/aromatic N) is 1. The summed E-state index contributed by atoms with van der Waals surface area (Å²) in [6.45, 7) is 15.2. The zero-order chi connectivity index (χ0) is 15.6. The van der Waals surface area contributed by atoms with E-state index in [4.69, 9.17) is 6.92 Å². The zero-order valence-electron chi connectivity index (χ0n) is 13.0. The quantitative estimate of drug-likeness (QED) is 0.436. The summed E-state index contributed by atoms with van der Waals surface area (Å²) >= 11 is 0. The Bertz CT molecular complexity index is 299. The molecule has 0 saturated heterocycles. The molecule has 1 atom stereocenters. The largest absolute Gasteiger partial charge is 0.388 e. The van der Waals surface area contributed by atoms with Crippen LogP contribution in [0.15, 0.2) is 0 Å². The first-order chi connectivity index (χ1) is 9.35. The summed E-state index contributed by atoms with van der Waals surface area (Å²) in [6, 6.07) is 0. The Morgan fingerprint density at radius 2 is 1.85 bits per heavy atom. The summed E-state index contributed by atoms with van der Waals surface area (Å²) in [4.78, 5) is 22.0. The molecule has 0 heterocycles. The predicted molar refractivity (Wildman–Crippen MR) is 78.9 cm³/mol. The van der Waals surface area contributed by atoms with E-state index in [0.29, 0.717) is 6.54 Å². The maximum Gasteiger partial charge on any atom is 0.220 e. The molecule has 0 bridgehead atoms. The van der Waals surface area contributed by atoms with Gasteiger partial charge in [0, 0.05) is 32.7 Å². The fourth-order valence-electron chi connectivity index (χ4n) is 2.42. The van der Waals surface area contributed by atoms with Crippen LogP contribution in [0.5, 0.6) is 0 Å². The summed E-state index contributed by atoms with van der Waals surface area (Å²) in [6.07, 6.45) is 0.791. The Kier molecular flexibility index (Phi) is 9.42. The Morgan fingerprint density at radius 3 is 2.30 bits per heavy atom. The number of Topliss-reactive ketones (excluding diaryl/α,β-unsaturated/α-hetero) is 1. The van der Waals surface area contributed by atoms with Crippen LogP contribution in [0.2, 0.25) is 0 Å². The van der Waals surface area contributed by atoms with Crippen molar-refractivity contribution in [1.29, 1.82) is 0 Å². The molecule has 5 heteroatoms. The van der Waals surface area contributed by atoms with Gasteiger partial charge in [-0.05, 0) is 20.8 Å². The lowest BCUT2D eigenvalue weighted by molar-refractivity contribution is -0.927. The first kappa shape index (κ1) is 19.1. The molecule has 1 unspecified atom stereocenters. The van der Waals surface area contributed by atoms with E-state index in [1.165, 1.54) is 0 Å². The van der Waals surface area contributed by atoms with Crippen molar-refractivity contribution in [3.05, 3.63) is 6.92 Å². The number of quaternary nitrogens is 1. The van der Waals surface area contributed by atoms with Crippen LogP contribution < -0.4 is 5.32 Å². The highest BCUT2D eigenvalue weighted by atomic mass is 16.3. The molecule has 0 aromatic rings. The molecular formula is C15H29N2O3+. The highest BCUT2D eigenvalue weighted by Crippen LogP contribution is 2.09. The average Bonchev–Trinajstić information content (AvgIpc) is 2.39. The number of rotatable bonds is 11. The molecule has 0 fully saturated rings. The van der Waals surface area contributed by atoms with E-state index in [1.807, 2.05) is 6.92 Å². The van der Waals surface area contributed by atoms with Crippen LogP contribution >= 0.6 is 0 Å². The molecule has 5 nitrogen and oxygen atoms in total. The molecule has 0 spiro atoms. The molecule has 2 radical (unpaired) electrons. The van der Waals surface area contributed by atoms with Gasteiger partial charge in [0.25, 0.3) is 0 Å². The molecule has 1 amide bonds. The van der Waals surface area contributed by atoms with Gasteiger partial charge in [-0.3, -0.25) is 9.59 Å². The molecule has 116 valence electrons. The molecule has 0 saturated carbocycles. The summed E-state index contributed by atoms with van der Waals surface area (Å²) in [5.41, 5.74) is 0. The number of carbonyl (C=O) groups excluding carboxylic acids is 2. The second kappa shape index (κ2) is 9.88. The first-order valence-electron chi connectivity index (χ1n) is 7.43. The van der Waals surface area contributed by atoms with Gasteiger partial charge in [0.15, 0.2) is 0 Å². The van der Waals surface area contributed by atoms with Crippen molar-refractivity contribution >= 4 is 11.7 Å². The molecule has 0 aliphatic heterocycles. The van der Waals surface area contributed by atoms with Gasteiger partial charge >= 0.3 is 0 Å². The zero-order valence-corrected chi connectivity index (χ0v) is 13.0. The molecule has 0 aromatic heterocycles. The average molecular weight is 285 g/mol. The van der Waals surface area contributed by atoms with Gasteiger partial charge in [-0.15, -0.1) is 0 Å². The lowest BCUT2D eigenvalue weighted by Crippen LogP contribution is -2.52. The van der Waals surface area contributed by atoms with E-state index in [9.17, 15) is 14.7 Å². The molecule has 0 rings (SSSR count). The molecule has 20 heavy (non-hydrogen) atoms. The molecule has 2 N–H and O–H groups in total. The van der Waals surface area contributed by atoms with Gasteiger partial charge < -0.3 is 14.9 Å². The monoisotopic (exact) mass is 285 g/mol. The lowest BCUT2D eigenvalue weighted by atomic mass is 10.2. The molecular weight excluding hydrogens is 256 g/mol. The van der Waals surface area contributed by atoms with Crippen LogP contribution in [0.3, 0.4) is 0 Å². The van der Waals surface area contributed by atoms with Crippen molar-refractivity contribution in [2.75, 3.05) is 32.7 Å². The van der Waals surface area contributed by atoms with E-state index in [0.717, 1.165) is 37.1 Å². The van der Waals surface area contributed by atoms with Crippen LogP contribution in [-0.2, 0) is 9.59 Å². The Hall–Kier alpha value is -0.940. The van der Waals surface area contributed by atoms with Crippen molar-refractivity contribution < 1.29 is 19.2 Å². The van der Waals surface area contributed by atoms with E-state index in [1.54, 1.807) is 0 Å². The van der Waals surface area contributed by atoms with Crippen molar-refractivity contribution in [2.24, 2.45) is 0 Å². The highest BCUT2D eigenvalue weighted by molar-refractivity contribution is 5.87. The van der Waals surface area contributed by atoms with E-state index >= 15 is 0 Å². The Morgan fingerprint density at radius 1 is 1.25 bits per heavy atom. The number of aliphatic hydroxyl groups excluding tert-OH is 1. The van der Waals surface area contributed by atoms with Crippen LogP contribution in [0.1, 0.15) is 40.0 Å². The van der Waals surface area contributed by atoms with E-state index in [2.05, 4.69) is 19.2 Å². The van der Waals surface area contributed by atoms with Crippen LogP contribution in [0.25, 0.3) is 0 Å². The normalized spacial score (nSPS) is 13.1. The molecule has 0 aromatic carbocycles. The van der Waals surface area contributed by atoms with Crippen molar-refractivity contribution in [1.82, 2.24) is 5.32 Å². The lowest BCUT2D eigenvalue weighted by Gasteiger charge is -2.38. The van der Waals surface area contributed by atoms with Gasteiger partial charge in [-0.2, -0.15) is 0 Å². The fraction of sp³-hybridized carbons (Fsp3) is 0.800. The number of nitrogens with one attached hydrogen (secondary N) is 1. The smallest absolute Gasteiger partial charge is 0.220 e. The third-order valence-corrected chi connectivity index (χ3v) is 3.72. The number of hydrogen-bond acceptors (Lipinski definition) is 3. The Labute approximate surface area is 122 Å². The second-order valence-electron chi connectivity index (χ2n) is 5.40. The SMILES string of the molecule is [CH]C(=O)CCC(=O)NCCC[N+](CC)(CC)CC(C)O. The summed E-state index contributed by atoms with van der Waals surface area (Å²) in [7, 11) is 0. The van der Waals surface area contributed by atoms with Crippen LogP contribution in [0.4, 0.5) is 0 Å². The minimum Gasteiger partial charge on any atom is -0.388 e. The second-order valence-corrected chi connectivity index (χ2v) is 5.40. The Balaban J connectivity index is 4.00. The van der Waals surface area contributed by atoms with Gasteiger partial charge in [-0.1, -0.05) is 0 Å². The predicted octanol–water partition coefficient (Wildman–Crippen LogP) is 0.790. The topological polar surface area (TPSA) is 66.4 Å². The van der Waals surface area contributed by atoms with Gasteiger partial charge in [0.05, 0.1) is 19.6 Å². The standard InChI is InChI=1S/C15H28N2O3/c1-5-17(6-2,12-14(4)19)11-7-10-16-15(20)9-8-13(3)18/h3,14,19H,5-12H2,1-2,4H3/p+1. The van der Waals surface area contributed by atoms with Gasteiger partial charge in [0.1, 0.15) is 18.4 Å². The maximum atomic E-state index is 11.4. The number of amides is 1. The van der Waals surface area contributed by atoms with Crippen LogP contribution in [-0.4, -0.2) is 60.1 Å². The van der Waals surface area contributed by atoms with Crippen molar-refractivity contribution in [2.45, 2.75) is 46.1 Å². The summed E-state index contributed by atoms with van der Waals surface area (Å²) in [5.74, 6) is -0.588. The highest BCUT2D eigenvalue weighted by Gasteiger charge is 2.24. The third kappa shape index (κ3) is 8.27. The minimum absolute atomic E-state index is 0.0950. The number of aliphatic hydroxyl groups is 1. The summed E-state index contributed by atoms with van der Waals surface area (Å²) in [5, 5.41) is 12.4. The summed E-state index contributed by atoms with van der Waals surface area (Å²) < 4.78 is 0.856. The number of ketones is 1. The van der Waals surface area contributed by atoms with Crippen molar-refractivity contribution in [3.63, 3.8) is 0 Å². The van der Waals surface area contributed by atoms with Gasteiger partial charge in [0.2, 0.25) is 5.91 Å². The fourth-order valence-corrected chi connectivity index (χ4v) is 2.42. The minimum atomic E-state index is -0.454. The first-order valence-corrected chi connectivity index (χ1v) is 7.43. The number of carbonyl (C=O) groups is 2. The maximum absolute atomic E-state index is 11.4. The third-order valence-electron chi connectivity index (χ3n) is 3.72. The van der Waals surface area contributed by atoms with E-state index in [-0.39, 0.29) is 24.9 Å². The number of likely N-dealkylation sites (N-methyl/N-ethyl adjacent to an activating group) is 1. The molecule has 0 aliphatic carbocycles. The van der Waals surface area contributed by atoms with Crippen molar-refractivity contribution in [3.8, 4) is 0 Å². The number of hydrogen-bond donors (Lipinski definition) is 2. The van der Waals surface area contributed by atoms with Gasteiger partial charge in [-0.25, -0.2) is 0 Å². The van der Waals surface area contributed by atoms with E-state index < -0.39 is 5.78 Å².